The molecule has 1 N–H and O–H groups in total. The number of aryl methyl sites for hydroxylation is 1. The van der Waals surface area contributed by atoms with Gasteiger partial charge < -0.3 is 15.1 Å². The van der Waals surface area contributed by atoms with E-state index in [9.17, 15) is 9.59 Å². The highest BCUT2D eigenvalue weighted by Gasteiger charge is 2.19. The number of rotatable bonds is 4. The van der Waals surface area contributed by atoms with Crippen LogP contribution in [0.25, 0.3) is 0 Å². The molecule has 0 spiro atoms. The van der Waals surface area contributed by atoms with E-state index in [1.165, 1.54) is 0 Å². The predicted molar refractivity (Wildman–Crippen MR) is 107 cm³/mol. The molecule has 0 radical (unpaired) electrons. The van der Waals surface area contributed by atoms with Crippen LogP contribution in [0, 0.1) is 6.92 Å². The number of nitrogens with zero attached hydrogens (tertiary/aromatic N) is 3. The van der Waals surface area contributed by atoms with E-state index < -0.39 is 0 Å². The van der Waals surface area contributed by atoms with E-state index in [0.29, 0.717) is 23.9 Å². The molecule has 0 unspecified atom stereocenters. The second-order valence-corrected chi connectivity index (χ2v) is 7.11. The van der Waals surface area contributed by atoms with Crippen LogP contribution < -0.4 is 10.2 Å². The molecule has 0 saturated carbocycles. The smallest absolute Gasteiger partial charge is 0.229 e. The van der Waals surface area contributed by atoms with Crippen LogP contribution in [0.3, 0.4) is 0 Å². The summed E-state index contributed by atoms with van der Waals surface area (Å²) in [4.78, 5) is 32.0. The van der Waals surface area contributed by atoms with Crippen molar-refractivity contribution in [3.05, 3.63) is 52.7 Å². The quantitative estimate of drug-likeness (QED) is 0.877. The van der Waals surface area contributed by atoms with Crippen molar-refractivity contribution in [2.24, 2.45) is 0 Å². The molecule has 7 heteroatoms. The molecule has 2 heterocycles. The predicted octanol–water partition coefficient (Wildman–Crippen LogP) is 2.89. The lowest BCUT2D eigenvalue weighted by Crippen LogP contribution is -2.48. The van der Waals surface area contributed by atoms with Gasteiger partial charge in [-0.05, 0) is 36.2 Å². The van der Waals surface area contributed by atoms with E-state index >= 15 is 0 Å². The minimum Gasteiger partial charge on any atom is -0.367 e. The molecule has 0 aliphatic carbocycles. The zero-order valence-corrected chi connectivity index (χ0v) is 16.3. The van der Waals surface area contributed by atoms with Gasteiger partial charge in [-0.2, -0.15) is 0 Å². The van der Waals surface area contributed by atoms with Crippen molar-refractivity contribution < 1.29 is 9.59 Å². The molecule has 3 rings (SSSR count). The second kappa shape index (κ2) is 8.39. The number of hydrogen-bond acceptors (Lipinski definition) is 4. The zero-order chi connectivity index (χ0) is 19.4. The van der Waals surface area contributed by atoms with E-state index in [0.717, 1.165) is 29.9 Å². The molecule has 2 amide bonds. The number of nitrogens with one attached hydrogen (secondary N) is 1. The molecule has 1 aliphatic heterocycles. The van der Waals surface area contributed by atoms with Gasteiger partial charge in [0.1, 0.15) is 5.82 Å². The van der Waals surface area contributed by atoms with Crippen LogP contribution >= 0.6 is 11.6 Å². The van der Waals surface area contributed by atoms with Gasteiger partial charge in [-0.1, -0.05) is 23.7 Å². The van der Waals surface area contributed by atoms with Crippen molar-refractivity contribution >= 4 is 34.9 Å². The summed E-state index contributed by atoms with van der Waals surface area (Å²) in [5, 5.41) is 3.47. The first kappa shape index (κ1) is 19.2. The lowest BCUT2D eigenvalue weighted by molar-refractivity contribution is -0.129. The third-order valence-corrected chi connectivity index (χ3v) is 5.11. The van der Waals surface area contributed by atoms with Crippen LogP contribution in [0.1, 0.15) is 18.1 Å². The normalized spacial score (nSPS) is 14.2. The summed E-state index contributed by atoms with van der Waals surface area (Å²) in [7, 11) is 0. The van der Waals surface area contributed by atoms with Crippen LogP contribution in [0.2, 0.25) is 5.02 Å². The largest absolute Gasteiger partial charge is 0.367 e. The Balaban J connectivity index is 1.55. The van der Waals surface area contributed by atoms with Gasteiger partial charge in [0.25, 0.3) is 0 Å². The Morgan fingerprint density at radius 2 is 1.89 bits per heavy atom. The van der Waals surface area contributed by atoms with Crippen LogP contribution in [-0.4, -0.2) is 47.9 Å². The number of carbonyl (C=O) groups is 2. The highest BCUT2D eigenvalue weighted by molar-refractivity contribution is 6.31. The topological polar surface area (TPSA) is 65.5 Å². The Morgan fingerprint density at radius 1 is 1.15 bits per heavy atom. The number of halogens is 1. The SMILES string of the molecule is CC(=O)N1CCN(c2ccc(NC(=O)Cc3ccc(C)c(Cl)c3)nc2)CC1. The summed E-state index contributed by atoms with van der Waals surface area (Å²) in [5.74, 6) is 0.496. The molecular formula is C20H23ClN4O2. The number of aromatic nitrogens is 1. The minimum atomic E-state index is -0.134. The zero-order valence-electron chi connectivity index (χ0n) is 15.5. The van der Waals surface area contributed by atoms with Gasteiger partial charge in [0.2, 0.25) is 11.8 Å². The van der Waals surface area contributed by atoms with Gasteiger partial charge in [0.15, 0.2) is 0 Å². The van der Waals surface area contributed by atoms with Gasteiger partial charge in [-0.3, -0.25) is 9.59 Å². The van der Waals surface area contributed by atoms with Crippen molar-refractivity contribution in [1.29, 1.82) is 0 Å². The molecule has 2 aromatic rings. The third kappa shape index (κ3) is 4.98. The van der Waals surface area contributed by atoms with Gasteiger partial charge in [-0.25, -0.2) is 4.98 Å². The first-order chi connectivity index (χ1) is 12.9. The Labute approximate surface area is 164 Å². The Bertz CT molecular complexity index is 830. The highest BCUT2D eigenvalue weighted by atomic mass is 35.5. The maximum Gasteiger partial charge on any atom is 0.229 e. The van der Waals surface area contributed by atoms with Gasteiger partial charge in [0, 0.05) is 38.1 Å². The standard InChI is InChI=1S/C20H23ClN4O2/c1-14-3-4-16(11-18(14)21)12-20(27)23-19-6-5-17(13-22-19)25-9-7-24(8-10-25)15(2)26/h3-6,11,13H,7-10,12H2,1-2H3,(H,22,23,27). The van der Waals surface area contributed by atoms with Crippen molar-refractivity contribution in [2.75, 3.05) is 36.4 Å². The summed E-state index contributed by atoms with van der Waals surface area (Å²) in [6, 6.07) is 9.36. The number of piperazine rings is 1. The summed E-state index contributed by atoms with van der Waals surface area (Å²) in [6.45, 7) is 6.51. The summed E-state index contributed by atoms with van der Waals surface area (Å²) in [5.41, 5.74) is 2.84. The maximum atomic E-state index is 12.2. The first-order valence-corrected chi connectivity index (χ1v) is 9.31. The van der Waals surface area contributed by atoms with Crippen LogP contribution in [-0.2, 0) is 16.0 Å². The molecule has 1 aliphatic rings. The van der Waals surface area contributed by atoms with Crippen LogP contribution in [0.5, 0.6) is 0 Å². The van der Waals surface area contributed by atoms with Gasteiger partial charge >= 0.3 is 0 Å². The van der Waals surface area contributed by atoms with E-state index in [1.807, 2.05) is 36.1 Å². The molecule has 1 aromatic heterocycles. The molecule has 142 valence electrons. The maximum absolute atomic E-state index is 12.2. The molecular weight excluding hydrogens is 364 g/mol. The van der Waals surface area contributed by atoms with Crippen molar-refractivity contribution in [3.8, 4) is 0 Å². The average Bonchev–Trinajstić information content (AvgIpc) is 2.65. The Hall–Kier alpha value is -2.60. The number of hydrogen-bond donors (Lipinski definition) is 1. The van der Waals surface area contributed by atoms with E-state index in [1.54, 1.807) is 19.2 Å². The van der Waals surface area contributed by atoms with Crippen molar-refractivity contribution in [2.45, 2.75) is 20.3 Å². The highest BCUT2D eigenvalue weighted by Crippen LogP contribution is 2.19. The molecule has 1 saturated heterocycles. The number of benzene rings is 1. The number of pyridine rings is 1. The fourth-order valence-corrected chi connectivity index (χ4v) is 3.25. The van der Waals surface area contributed by atoms with E-state index in [4.69, 9.17) is 11.6 Å². The molecule has 0 bridgehead atoms. The number of amides is 2. The average molecular weight is 387 g/mol. The molecule has 6 nitrogen and oxygen atoms in total. The Kier molecular flexibility index (Phi) is 5.96. The minimum absolute atomic E-state index is 0.112. The summed E-state index contributed by atoms with van der Waals surface area (Å²) in [6.07, 6.45) is 2.00. The molecule has 0 atom stereocenters. The molecule has 1 fully saturated rings. The monoisotopic (exact) mass is 386 g/mol. The van der Waals surface area contributed by atoms with E-state index in [-0.39, 0.29) is 18.2 Å². The fourth-order valence-electron chi connectivity index (χ4n) is 3.05. The third-order valence-electron chi connectivity index (χ3n) is 4.71. The summed E-state index contributed by atoms with van der Waals surface area (Å²) >= 11 is 6.10. The first-order valence-electron chi connectivity index (χ1n) is 8.94. The van der Waals surface area contributed by atoms with E-state index in [2.05, 4.69) is 15.2 Å². The van der Waals surface area contributed by atoms with Crippen molar-refractivity contribution in [1.82, 2.24) is 9.88 Å². The van der Waals surface area contributed by atoms with Gasteiger partial charge in [-0.15, -0.1) is 0 Å². The fraction of sp³-hybridized carbons (Fsp3) is 0.350. The second-order valence-electron chi connectivity index (χ2n) is 6.70. The number of anilines is 2. The summed E-state index contributed by atoms with van der Waals surface area (Å²) < 4.78 is 0. The molecule has 27 heavy (non-hydrogen) atoms. The lowest BCUT2D eigenvalue weighted by Gasteiger charge is -2.35. The number of carbonyl (C=O) groups excluding carboxylic acids is 2. The Morgan fingerprint density at radius 3 is 2.48 bits per heavy atom. The van der Waals surface area contributed by atoms with Crippen molar-refractivity contribution in [3.63, 3.8) is 0 Å². The molecule has 1 aromatic carbocycles. The van der Waals surface area contributed by atoms with Crippen LogP contribution in [0.4, 0.5) is 11.5 Å². The van der Waals surface area contributed by atoms with Crippen LogP contribution in [0.15, 0.2) is 36.5 Å². The van der Waals surface area contributed by atoms with Gasteiger partial charge in [0.05, 0.1) is 18.3 Å². The lowest BCUT2D eigenvalue weighted by atomic mass is 10.1.